The maximum Gasteiger partial charge on any atom is 0.318 e. The molecule has 9 heteroatoms. The predicted octanol–water partition coefficient (Wildman–Crippen LogP) is 6.25. The van der Waals surface area contributed by atoms with Crippen molar-refractivity contribution in [1.82, 2.24) is 20.0 Å². The average Bonchev–Trinajstić information content (AvgIpc) is 3.41. The van der Waals surface area contributed by atoms with Crippen LogP contribution < -0.4 is 10.1 Å². The van der Waals surface area contributed by atoms with Crippen molar-refractivity contribution in [2.24, 2.45) is 0 Å². The van der Waals surface area contributed by atoms with Gasteiger partial charge in [0.15, 0.2) is 0 Å². The Morgan fingerprint density at radius 3 is 2.67 bits per heavy atom. The van der Waals surface area contributed by atoms with Crippen LogP contribution in [0.3, 0.4) is 0 Å². The van der Waals surface area contributed by atoms with Crippen molar-refractivity contribution in [3.05, 3.63) is 70.6 Å². The number of nitrogens with one attached hydrogen (secondary N) is 1. The number of urea groups is 1. The van der Waals surface area contributed by atoms with E-state index >= 15 is 0 Å². The van der Waals surface area contributed by atoms with E-state index in [2.05, 4.69) is 5.32 Å². The number of halogens is 2. The van der Waals surface area contributed by atoms with E-state index in [9.17, 15) is 9.18 Å². The zero-order valence-corrected chi connectivity index (χ0v) is 21.8. The number of hydrogen-bond acceptors (Lipinski definition) is 4. The minimum Gasteiger partial charge on any atom is -0.438 e. The highest BCUT2D eigenvalue weighted by atomic mass is 35.5. The zero-order chi connectivity index (χ0) is 25.9. The number of nitrogens with zero attached hydrogens (tertiary/aromatic N) is 3. The lowest BCUT2D eigenvalue weighted by Crippen LogP contribution is -2.50. The van der Waals surface area contributed by atoms with Gasteiger partial charge in [-0.1, -0.05) is 17.7 Å². The first kappa shape index (κ1) is 26.0. The Hall–Kier alpha value is -3.10. The number of rotatable bonds is 7. The van der Waals surface area contributed by atoms with Gasteiger partial charge < -0.3 is 19.7 Å². The summed E-state index contributed by atoms with van der Waals surface area (Å²) >= 11 is 6.09. The molecule has 7 nitrogen and oxygen atoms in total. The molecule has 192 valence electrons. The van der Waals surface area contributed by atoms with Crippen molar-refractivity contribution >= 4 is 17.6 Å². The molecule has 2 amide bonds. The summed E-state index contributed by atoms with van der Waals surface area (Å²) in [6.07, 6.45) is 1.84. The van der Waals surface area contributed by atoms with Gasteiger partial charge in [0.1, 0.15) is 11.6 Å². The number of amides is 2. The highest BCUT2D eigenvalue weighted by Crippen LogP contribution is 2.32. The zero-order valence-electron chi connectivity index (χ0n) is 21.1. The van der Waals surface area contributed by atoms with Crippen molar-refractivity contribution in [3.63, 3.8) is 0 Å². The summed E-state index contributed by atoms with van der Waals surface area (Å²) in [6.45, 7) is 9.07. The summed E-state index contributed by atoms with van der Waals surface area (Å²) in [5.41, 5.74) is 1.73. The van der Waals surface area contributed by atoms with Crippen molar-refractivity contribution in [2.75, 3.05) is 13.2 Å². The number of hydrogen-bond donors (Lipinski definition) is 1. The third-order valence-electron chi connectivity index (χ3n) is 5.79. The van der Waals surface area contributed by atoms with E-state index in [0.717, 1.165) is 24.1 Å². The molecule has 1 atom stereocenters. The molecule has 1 N–H and O–H groups in total. The Kier molecular flexibility index (Phi) is 7.85. The van der Waals surface area contributed by atoms with Crippen molar-refractivity contribution in [3.8, 4) is 17.3 Å². The summed E-state index contributed by atoms with van der Waals surface area (Å²) in [6, 6.07) is 12.9. The van der Waals surface area contributed by atoms with Crippen LogP contribution in [0, 0.1) is 12.7 Å². The van der Waals surface area contributed by atoms with E-state index in [1.54, 1.807) is 33.8 Å². The van der Waals surface area contributed by atoms with Crippen molar-refractivity contribution < 1.29 is 18.7 Å². The van der Waals surface area contributed by atoms with Gasteiger partial charge in [0.2, 0.25) is 5.88 Å². The smallest absolute Gasteiger partial charge is 0.318 e. The van der Waals surface area contributed by atoms with Gasteiger partial charge in [-0.3, -0.25) is 0 Å². The first-order chi connectivity index (χ1) is 17.1. The molecule has 3 aromatic rings. The van der Waals surface area contributed by atoms with Gasteiger partial charge in [0, 0.05) is 29.8 Å². The van der Waals surface area contributed by atoms with E-state index in [1.807, 2.05) is 39.8 Å². The minimum absolute atomic E-state index is 0.0325. The lowest BCUT2D eigenvalue weighted by Gasteiger charge is -2.30. The molecule has 0 unspecified atom stereocenters. The van der Waals surface area contributed by atoms with E-state index in [0.29, 0.717) is 35.5 Å². The number of carbonyl (C=O) groups is 1. The third-order valence-corrected chi connectivity index (χ3v) is 6.04. The van der Waals surface area contributed by atoms with Gasteiger partial charge in [-0.05, 0) is 76.9 Å². The van der Waals surface area contributed by atoms with Crippen LogP contribution in [-0.4, -0.2) is 45.5 Å². The van der Waals surface area contributed by atoms with Crippen LogP contribution >= 0.6 is 11.6 Å². The molecule has 1 aliphatic rings. The maximum atomic E-state index is 14.0. The van der Waals surface area contributed by atoms with E-state index < -0.39 is 11.4 Å². The second-order valence-electron chi connectivity index (χ2n) is 10.0. The fourth-order valence-electron chi connectivity index (χ4n) is 4.07. The third kappa shape index (κ3) is 6.56. The average molecular weight is 515 g/mol. The Morgan fingerprint density at radius 2 is 2.03 bits per heavy atom. The van der Waals surface area contributed by atoms with Gasteiger partial charge in [-0.25, -0.2) is 13.9 Å². The molecule has 0 saturated carbocycles. The maximum absolute atomic E-state index is 14.0. The lowest BCUT2D eigenvalue weighted by molar-refractivity contribution is 0.0779. The standard InChI is InChI=1S/C27H32ClFN4O3/c1-18-24(17-32(16-23-9-6-14-35-23)26(34)30-27(2,3)4)25(36-22-8-5-7-20(29)15-22)33(31-18)21-12-10-19(28)11-13-21/h5,7-8,10-13,15,23H,6,9,14,16-17H2,1-4H3,(H,30,34)/t23-/m0/s1. The fraction of sp³-hybridized carbons (Fsp3) is 0.407. The topological polar surface area (TPSA) is 68.6 Å². The molecule has 1 fully saturated rings. The second-order valence-corrected chi connectivity index (χ2v) is 10.4. The molecule has 1 aromatic heterocycles. The Balaban J connectivity index is 1.73. The van der Waals surface area contributed by atoms with Gasteiger partial charge >= 0.3 is 6.03 Å². The molecule has 0 bridgehead atoms. The minimum atomic E-state index is -0.409. The molecule has 4 rings (SSSR count). The van der Waals surface area contributed by atoms with Crippen LogP contribution in [0.5, 0.6) is 11.6 Å². The van der Waals surface area contributed by atoms with Gasteiger partial charge in [0.25, 0.3) is 0 Å². The predicted molar refractivity (Wildman–Crippen MR) is 137 cm³/mol. The van der Waals surface area contributed by atoms with Gasteiger partial charge in [-0.15, -0.1) is 0 Å². The Bertz CT molecular complexity index is 1200. The van der Waals surface area contributed by atoms with Gasteiger partial charge in [-0.2, -0.15) is 5.10 Å². The summed E-state index contributed by atoms with van der Waals surface area (Å²) in [5.74, 6) is 0.324. The highest BCUT2D eigenvalue weighted by Gasteiger charge is 2.29. The SMILES string of the molecule is Cc1nn(-c2ccc(Cl)cc2)c(Oc2cccc(F)c2)c1CN(C[C@@H]1CCCO1)C(=O)NC(C)(C)C. The first-order valence-corrected chi connectivity index (χ1v) is 12.4. The lowest BCUT2D eigenvalue weighted by atomic mass is 10.1. The summed E-state index contributed by atoms with van der Waals surface area (Å²) in [5, 5.41) is 8.36. The van der Waals surface area contributed by atoms with Crippen LogP contribution in [-0.2, 0) is 11.3 Å². The van der Waals surface area contributed by atoms with Crippen LogP contribution in [0.25, 0.3) is 5.69 Å². The molecule has 0 radical (unpaired) electrons. The van der Waals surface area contributed by atoms with Crippen molar-refractivity contribution in [1.29, 1.82) is 0 Å². The molecular weight excluding hydrogens is 483 g/mol. The number of aromatic nitrogens is 2. The molecule has 2 aromatic carbocycles. The molecular formula is C27H32ClFN4O3. The number of aryl methyl sites for hydroxylation is 1. The molecule has 0 aliphatic carbocycles. The van der Waals surface area contributed by atoms with Crippen LogP contribution in [0.2, 0.25) is 5.02 Å². The molecule has 1 aliphatic heterocycles. The van der Waals surface area contributed by atoms with E-state index in [4.69, 9.17) is 26.2 Å². The molecule has 2 heterocycles. The molecule has 0 spiro atoms. The van der Waals surface area contributed by atoms with Crippen LogP contribution in [0.4, 0.5) is 9.18 Å². The largest absolute Gasteiger partial charge is 0.438 e. The normalized spacial score (nSPS) is 15.7. The highest BCUT2D eigenvalue weighted by molar-refractivity contribution is 6.30. The first-order valence-electron chi connectivity index (χ1n) is 12.1. The summed E-state index contributed by atoms with van der Waals surface area (Å²) in [7, 11) is 0. The van der Waals surface area contributed by atoms with Crippen molar-refractivity contribution in [2.45, 2.75) is 58.7 Å². The number of carbonyl (C=O) groups excluding carboxylic acids is 1. The molecule has 36 heavy (non-hydrogen) atoms. The van der Waals surface area contributed by atoms with E-state index in [-0.39, 0.29) is 18.7 Å². The second kappa shape index (κ2) is 10.9. The summed E-state index contributed by atoms with van der Waals surface area (Å²) in [4.78, 5) is 15.0. The quantitative estimate of drug-likeness (QED) is 0.404. The Morgan fingerprint density at radius 1 is 1.28 bits per heavy atom. The monoisotopic (exact) mass is 514 g/mol. The molecule has 1 saturated heterocycles. The number of ether oxygens (including phenoxy) is 2. The van der Waals surface area contributed by atoms with E-state index in [1.165, 1.54) is 12.1 Å². The van der Waals surface area contributed by atoms with Gasteiger partial charge in [0.05, 0.1) is 29.6 Å². The van der Waals surface area contributed by atoms with Crippen LogP contribution in [0.1, 0.15) is 44.9 Å². The van der Waals surface area contributed by atoms with Crippen LogP contribution in [0.15, 0.2) is 48.5 Å². The number of benzene rings is 2. The fourth-order valence-corrected chi connectivity index (χ4v) is 4.19. The Labute approximate surface area is 216 Å². The summed E-state index contributed by atoms with van der Waals surface area (Å²) < 4.78 is 27.6.